The second-order valence-corrected chi connectivity index (χ2v) is 7.92. The predicted octanol–water partition coefficient (Wildman–Crippen LogP) is 5.26. The Labute approximate surface area is 193 Å². The standard InChI is InChI=1S/C28H24N4O/c33-27(31-18-15-23(16-19-31)22-8-3-1-4-9-22)14-13-25-21-32(26-11-5-2-6-12-26)30-28(25)24-10-7-17-29-20-24/h1-15,17,20-21H,16,18-19H2. The topological polar surface area (TPSA) is 51.0 Å². The molecule has 0 atom stereocenters. The minimum atomic E-state index is 0.00274. The lowest BCUT2D eigenvalue weighted by molar-refractivity contribution is -0.125. The van der Waals surface area contributed by atoms with Gasteiger partial charge in [-0.1, -0.05) is 54.6 Å². The first-order valence-corrected chi connectivity index (χ1v) is 11.0. The van der Waals surface area contributed by atoms with Gasteiger partial charge in [-0.2, -0.15) is 5.10 Å². The lowest BCUT2D eigenvalue weighted by atomic mass is 9.99. The smallest absolute Gasteiger partial charge is 0.246 e. The molecule has 0 unspecified atom stereocenters. The first-order valence-electron chi connectivity index (χ1n) is 11.0. The van der Waals surface area contributed by atoms with E-state index >= 15 is 0 Å². The quantitative estimate of drug-likeness (QED) is 0.404. The van der Waals surface area contributed by atoms with Gasteiger partial charge in [-0.05, 0) is 47.9 Å². The minimum Gasteiger partial charge on any atom is -0.335 e. The number of hydrogen-bond acceptors (Lipinski definition) is 3. The van der Waals surface area contributed by atoms with Gasteiger partial charge >= 0.3 is 0 Å². The second-order valence-electron chi connectivity index (χ2n) is 7.92. The number of amides is 1. The van der Waals surface area contributed by atoms with Crippen LogP contribution >= 0.6 is 0 Å². The number of carbonyl (C=O) groups excluding carboxylic acids is 1. The van der Waals surface area contributed by atoms with Gasteiger partial charge in [0.2, 0.25) is 5.91 Å². The zero-order valence-corrected chi connectivity index (χ0v) is 18.2. The number of nitrogens with zero attached hydrogens (tertiary/aromatic N) is 4. The van der Waals surface area contributed by atoms with E-state index in [1.54, 1.807) is 18.5 Å². The van der Waals surface area contributed by atoms with Crippen molar-refractivity contribution in [2.75, 3.05) is 13.1 Å². The zero-order chi connectivity index (χ0) is 22.5. The molecule has 2 aromatic heterocycles. The number of para-hydroxylation sites is 1. The molecule has 3 heterocycles. The third-order valence-electron chi connectivity index (χ3n) is 5.77. The fourth-order valence-electron chi connectivity index (χ4n) is 4.00. The molecule has 5 heteroatoms. The largest absolute Gasteiger partial charge is 0.335 e. The SMILES string of the molecule is O=C(C=Cc1cn(-c2ccccc2)nc1-c1cccnc1)N1CC=C(c2ccccc2)CC1. The lowest BCUT2D eigenvalue weighted by Crippen LogP contribution is -2.33. The number of rotatable bonds is 5. The summed E-state index contributed by atoms with van der Waals surface area (Å²) in [5, 5.41) is 4.78. The van der Waals surface area contributed by atoms with Gasteiger partial charge in [-0.15, -0.1) is 0 Å². The minimum absolute atomic E-state index is 0.00274. The summed E-state index contributed by atoms with van der Waals surface area (Å²) in [6.07, 6.45) is 12.0. The molecule has 5 rings (SSSR count). The van der Waals surface area contributed by atoms with Crippen LogP contribution in [0.25, 0.3) is 28.6 Å². The van der Waals surface area contributed by atoms with E-state index in [4.69, 9.17) is 5.10 Å². The van der Waals surface area contributed by atoms with E-state index in [1.807, 2.05) is 82.5 Å². The Balaban J connectivity index is 1.37. The number of hydrogen-bond donors (Lipinski definition) is 0. The molecule has 0 aliphatic carbocycles. The summed E-state index contributed by atoms with van der Waals surface area (Å²) in [6.45, 7) is 1.33. The fourth-order valence-corrected chi connectivity index (χ4v) is 4.00. The van der Waals surface area contributed by atoms with Crippen molar-refractivity contribution >= 4 is 17.6 Å². The molecule has 0 saturated carbocycles. The number of benzene rings is 2. The number of pyridine rings is 1. The van der Waals surface area contributed by atoms with Crippen molar-refractivity contribution in [3.05, 3.63) is 115 Å². The van der Waals surface area contributed by atoms with Crippen LogP contribution in [0, 0.1) is 0 Å². The normalized spacial score (nSPS) is 13.8. The molecule has 2 aromatic carbocycles. The molecule has 1 amide bonds. The van der Waals surface area contributed by atoms with Crippen molar-refractivity contribution in [1.29, 1.82) is 0 Å². The van der Waals surface area contributed by atoms with Crippen LogP contribution in [-0.4, -0.2) is 38.7 Å². The van der Waals surface area contributed by atoms with Gasteiger partial charge in [-0.3, -0.25) is 9.78 Å². The maximum atomic E-state index is 12.9. The van der Waals surface area contributed by atoms with E-state index in [9.17, 15) is 4.79 Å². The summed E-state index contributed by atoms with van der Waals surface area (Å²) < 4.78 is 1.84. The molecule has 4 aromatic rings. The Bertz CT molecular complexity index is 1290. The Kier molecular flexibility index (Phi) is 5.93. The summed E-state index contributed by atoms with van der Waals surface area (Å²) in [6, 6.07) is 24.2. The van der Waals surface area contributed by atoms with Crippen LogP contribution in [0.5, 0.6) is 0 Å². The van der Waals surface area contributed by atoms with Gasteiger partial charge < -0.3 is 4.90 Å². The van der Waals surface area contributed by atoms with E-state index in [-0.39, 0.29) is 5.91 Å². The highest BCUT2D eigenvalue weighted by molar-refractivity contribution is 5.93. The molecule has 5 nitrogen and oxygen atoms in total. The van der Waals surface area contributed by atoms with Gasteiger partial charge in [0.15, 0.2) is 0 Å². The van der Waals surface area contributed by atoms with Crippen LogP contribution in [0.15, 0.2) is 104 Å². The van der Waals surface area contributed by atoms with Crippen LogP contribution in [0.4, 0.5) is 0 Å². The van der Waals surface area contributed by atoms with E-state index in [1.165, 1.54) is 11.1 Å². The summed E-state index contributed by atoms with van der Waals surface area (Å²) in [7, 11) is 0. The number of carbonyl (C=O) groups is 1. The molecular weight excluding hydrogens is 408 g/mol. The predicted molar refractivity (Wildman–Crippen MR) is 131 cm³/mol. The third-order valence-corrected chi connectivity index (χ3v) is 5.77. The van der Waals surface area contributed by atoms with Crippen molar-refractivity contribution in [3.63, 3.8) is 0 Å². The van der Waals surface area contributed by atoms with Crippen LogP contribution in [-0.2, 0) is 4.79 Å². The maximum Gasteiger partial charge on any atom is 0.246 e. The molecule has 0 spiro atoms. The lowest BCUT2D eigenvalue weighted by Gasteiger charge is -2.25. The average molecular weight is 433 g/mol. The Morgan fingerprint density at radius 2 is 1.67 bits per heavy atom. The molecule has 0 N–H and O–H groups in total. The Hall–Kier alpha value is -4.25. The highest BCUT2D eigenvalue weighted by Gasteiger charge is 2.17. The van der Waals surface area contributed by atoms with E-state index in [0.717, 1.165) is 28.9 Å². The van der Waals surface area contributed by atoms with Crippen LogP contribution < -0.4 is 0 Å². The first kappa shape index (κ1) is 20.6. The molecule has 0 radical (unpaired) electrons. The monoisotopic (exact) mass is 432 g/mol. The van der Waals surface area contributed by atoms with Crippen molar-refractivity contribution in [2.45, 2.75) is 6.42 Å². The van der Waals surface area contributed by atoms with Crippen molar-refractivity contribution in [1.82, 2.24) is 19.7 Å². The molecular formula is C28H24N4O. The van der Waals surface area contributed by atoms with E-state index < -0.39 is 0 Å². The van der Waals surface area contributed by atoms with Gasteiger partial charge in [0.25, 0.3) is 0 Å². The van der Waals surface area contributed by atoms with Gasteiger partial charge in [-0.25, -0.2) is 4.68 Å². The van der Waals surface area contributed by atoms with Crippen molar-refractivity contribution in [3.8, 4) is 16.9 Å². The molecule has 0 bridgehead atoms. The van der Waals surface area contributed by atoms with E-state index in [0.29, 0.717) is 13.1 Å². The summed E-state index contributed by atoms with van der Waals surface area (Å²) in [5.74, 6) is 0.00274. The van der Waals surface area contributed by atoms with Crippen LogP contribution in [0.2, 0.25) is 0 Å². The van der Waals surface area contributed by atoms with Gasteiger partial charge in [0.1, 0.15) is 5.69 Å². The maximum absolute atomic E-state index is 12.9. The first-order chi connectivity index (χ1) is 16.3. The summed E-state index contributed by atoms with van der Waals surface area (Å²) >= 11 is 0. The zero-order valence-electron chi connectivity index (χ0n) is 18.2. The highest BCUT2D eigenvalue weighted by atomic mass is 16.2. The summed E-state index contributed by atoms with van der Waals surface area (Å²) in [5.41, 5.74) is 6.07. The second kappa shape index (κ2) is 9.49. The molecule has 1 aliphatic rings. The molecule has 162 valence electrons. The van der Waals surface area contributed by atoms with Gasteiger partial charge in [0.05, 0.1) is 5.69 Å². The molecule has 0 fully saturated rings. The summed E-state index contributed by atoms with van der Waals surface area (Å²) in [4.78, 5) is 19.0. The van der Waals surface area contributed by atoms with Crippen LogP contribution in [0.1, 0.15) is 17.5 Å². The molecule has 0 saturated heterocycles. The fraction of sp³-hybridized carbons (Fsp3) is 0.107. The average Bonchev–Trinajstić information content (AvgIpc) is 3.33. The van der Waals surface area contributed by atoms with Crippen molar-refractivity contribution < 1.29 is 4.79 Å². The van der Waals surface area contributed by atoms with Gasteiger partial charge in [0, 0.05) is 48.9 Å². The Morgan fingerprint density at radius 1 is 0.909 bits per heavy atom. The number of aromatic nitrogens is 3. The molecule has 33 heavy (non-hydrogen) atoms. The van der Waals surface area contributed by atoms with Crippen LogP contribution in [0.3, 0.4) is 0 Å². The Morgan fingerprint density at radius 3 is 2.36 bits per heavy atom. The molecule has 1 aliphatic heterocycles. The third kappa shape index (κ3) is 4.67. The van der Waals surface area contributed by atoms with Crippen molar-refractivity contribution in [2.24, 2.45) is 0 Å². The van der Waals surface area contributed by atoms with E-state index in [2.05, 4.69) is 23.2 Å². The highest BCUT2D eigenvalue weighted by Crippen LogP contribution is 2.25.